The Morgan fingerprint density at radius 2 is 1.85 bits per heavy atom. The third-order valence-corrected chi connectivity index (χ3v) is 6.98. The molecule has 0 aliphatic heterocycles. The van der Waals surface area contributed by atoms with Crippen molar-refractivity contribution in [1.82, 2.24) is 0 Å². The van der Waals surface area contributed by atoms with Crippen molar-refractivity contribution < 1.29 is 10.2 Å². The first-order chi connectivity index (χ1) is 12.9. The smallest absolute Gasteiger partial charge is 0.115 e. The number of aliphatic hydroxyl groups is 1. The van der Waals surface area contributed by atoms with Gasteiger partial charge >= 0.3 is 0 Å². The number of rotatable bonds is 4. The van der Waals surface area contributed by atoms with Crippen LogP contribution in [0.25, 0.3) is 0 Å². The standard InChI is InChI=1S/C25H32O2/c1-18(2)15-24(27)12-13-25(16-19-6-4-3-5-7-19)21(17-24)9-8-20-14-22(26)10-11-23(20)25/h3-7,10-11,14,18,21,26-27H,8-9,12-13,15-17H2,1-2H3/t21-,24-,25+/m1/s1. The molecule has 2 aromatic rings. The van der Waals surface area contributed by atoms with Gasteiger partial charge in [0.1, 0.15) is 5.75 Å². The highest BCUT2D eigenvalue weighted by Gasteiger charge is 2.51. The number of hydrogen-bond acceptors (Lipinski definition) is 2. The monoisotopic (exact) mass is 364 g/mol. The van der Waals surface area contributed by atoms with E-state index < -0.39 is 5.60 Å². The summed E-state index contributed by atoms with van der Waals surface area (Å²) < 4.78 is 0. The third kappa shape index (κ3) is 3.52. The minimum Gasteiger partial charge on any atom is -0.508 e. The molecule has 2 aliphatic rings. The first-order valence-electron chi connectivity index (χ1n) is 10.5. The molecule has 2 aliphatic carbocycles. The maximum atomic E-state index is 11.3. The molecule has 0 bridgehead atoms. The lowest BCUT2D eigenvalue weighted by molar-refractivity contribution is -0.0633. The van der Waals surface area contributed by atoms with E-state index >= 15 is 0 Å². The van der Waals surface area contributed by atoms with E-state index in [0.29, 0.717) is 17.6 Å². The summed E-state index contributed by atoms with van der Waals surface area (Å²) >= 11 is 0. The van der Waals surface area contributed by atoms with Gasteiger partial charge in [-0.1, -0.05) is 50.2 Å². The molecule has 0 amide bonds. The number of aryl methyl sites for hydroxylation is 1. The lowest BCUT2D eigenvalue weighted by Crippen LogP contribution is -2.51. The van der Waals surface area contributed by atoms with E-state index in [-0.39, 0.29) is 5.41 Å². The molecule has 3 atom stereocenters. The van der Waals surface area contributed by atoms with Crippen molar-refractivity contribution in [3.05, 3.63) is 65.2 Å². The van der Waals surface area contributed by atoms with Crippen LogP contribution < -0.4 is 0 Å². The highest BCUT2D eigenvalue weighted by molar-refractivity contribution is 5.44. The van der Waals surface area contributed by atoms with Crippen molar-refractivity contribution in [3.63, 3.8) is 0 Å². The zero-order valence-corrected chi connectivity index (χ0v) is 16.6. The fraction of sp³-hybridized carbons (Fsp3) is 0.520. The van der Waals surface area contributed by atoms with Gasteiger partial charge in [-0.3, -0.25) is 0 Å². The highest BCUT2D eigenvalue weighted by atomic mass is 16.3. The predicted molar refractivity (Wildman–Crippen MR) is 110 cm³/mol. The van der Waals surface area contributed by atoms with Crippen LogP contribution in [0.1, 0.15) is 62.6 Å². The van der Waals surface area contributed by atoms with Gasteiger partial charge in [-0.05, 0) is 85.6 Å². The van der Waals surface area contributed by atoms with Gasteiger partial charge in [0, 0.05) is 5.41 Å². The molecule has 2 N–H and O–H groups in total. The van der Waals surface area contributed by atoms with Crippen LogP contribution in [0.3, 0.4) is 0 Å². The molecular weight excluding hydrogens is 332 g/mol. The topological polar surface area (TPSA) is 40.5 Å². The van der Waals surface area contributed by atoms with Gasteiger partial charge < -0.3 is 10.2 Å². The maximum absolute atomic E-state index is 11.3. The van der Waals surface area contributed by atoms with Crippen molar-refractivity contribution in [2.75, 3.05) is 0 Å². The second-order valence-corrected chi connectivity index (χ2v) is 9.42. The fourth-order valence-electron chi connectivity index (χ4n) is 5.98. The summed E-state index contributed by atoms with van der Waals surface area (Å²) in [6, 6.07) is 16.8. The molecule has 0 heterocycles. The molecule has 0 spiro atoms. The molecular formula is C25H32O2. The Kier molecular flexibility index (Phi) is 4.80. The Morgan fingerprint density at radius 3 is 2.59 bits per heavy atom. The molecule has 0 unspecified atom stereocenters. The van der Waals surface area contributed by atoms with Crippen LogP contribution >= 0.6 is 0 Å². The average Bonchev–Trinajstić information content (AvgIpc) is 2.62. The summed E-state index contributed by atoms with van der Waals surface area (Å²) in [5, 5.41) is 21.3. The molecule has 2 heteroatoms. The van der Waals surface area contributed by atoms with Gasteiger partial charge in [-0.25, -0.2) is 0 Å². The first-order valence-corrected chi connectivity index (χ1v) is 10.5. The van der Waals surface area contributed by atoms with E-state index in [0.717, 1.165) is 44.9 Å². The van der Waals surface area contributed by atoms with Gasteiger partial charge in [0.2, 0.25) is 0 Å². The molecule has 27 heavy (non-hydrogen) atoms. The molecule has 4 rings (SSSR count). The fourth-order valence-corrected chi connectivity index (χ4v) is 5.98. The molecule has 2 aromatic carbocycles. The second-order valence-electron chi connectivity index (χ2n) is 9.42. The molecule has 0 radical (unpaired) electrons. The van der Waals surface area contributed by atoms with E-state index in [1.54, 1.807) is 0 Å². The van der Waals surface area contributed by atoms with Gasteiger partial charge in [0.15, 0.2) is 0 Å². The summed E-state index contributed by atoms with van der Waals surface area (Å²) in [4.78, 5) is 0. The molecule has 1 saturated carbocycles. The Labute approximate surface area is 163 Å². The van der Waals surface area contributed by atoms with Crippen LogP contribution in [-0.2, 0) is 18.3 Å². The van der Waals surface area contributed by atoms with Crippen molar-refractivity contribution in [1.29, 1.82) is 0 Å². The largest absolute Gasteiger partial charge is 0.508 e. The molecule has 1 fully saturated rings. The Balaban J connectivity index is 1.74. The van der Waals surface area contributed by atoms with Crippen molar-refractivity contribution in [2.45, 2.75) is 69.8 Å². The lowest BCUT2D eigenvalue weighted by Gasteiger charge is -2.54. The number of fused-ring (bicyclic) bond motifs is 3. The summed E-state index contributed by atoms with van der Waals surface area (Å²) in [7, 11) is 0. The highest BCUT2D eigenvalue weighted by Crippen LogP contribution is 2.55. The Bertz CT molecular complexity index is 797. The number of aromatic hydroxyl groups is 1. The Hall–Kier alpha value is -1.80. The maximum Gasteiger partial charge on any atom is 0.115 e. The number of phenolic OH excluding ortho intramolecular Hbond substituents is 1. The van der Waals surface area contributed by atoms with E-state index in [1.165, 1.54) is 16.7 Å². The summed E-state index contributed by atoms with van der Waals surface area (Å²) in [6.07, 6.45) is 6.81. The molecule has 144 valence electrons. The quantitative estimate of drug-likeness (QED) is 0.763. The molecule has 0 aromatic heterocycles. The minimum absolute atomic E-state index is 0.0752. The van der Waals surface area contributed by atoms with Crippen LogP contribution in [-0.4, -0.2) is 15.8 Å². The number of hydrogen-bond donors (Lipinski definition) is 2. The number of benzene rings is 2. The van der Waals surface area contributed by atoms with Crippen LogP contribution in [0.2, 0.25) is 0 Å². The van der Waals surface area contributed by atoms with Crippen LogP contribution in [0.15, 0.2) is 48.5 Å². The van der Waals surface area contributed by atoms with Crippen LogP contribution in [0.4, 0.5) is 0 Å². The first kappa shape index (κ1) is 18.6. The third-order valence-electron chi connectivity index (χ3n) is 6.98. The second kappa shape index (κ2) is 6.98. The SMILES string of the molecule is CC(C)C[C@]1(O)CC[C@@]2(Cc3ccccc3)c3ccc(O)cc3CC[C@@H]2C1. The summed E-state index contributed by atoms with van der Waals surface area (Å²) in [5.74, 6) is 1.38. The van der Waals surface area contributed by atoms with E-state index in [2.05, 4.69) is 50.2 Å². The predicted octanol–water partition coefficient (Wildman–Crippen LogP) is 5.40. The zero-order chi connectivity index (χ0) is 19.1. The van der Waals surface area contributed by atoms with E-state index in [9.17, 15) is 10.2 Å². The molecule has 2 nitrogen and oxygen atoms in total. The van der Waals surface area contributed by atoms with Crippen LogP contribution in [0.5, 0.6) is 5.75 Å². The average molecular weight is 365 g/mol. The van der Waals surface area contributed by atoms with Gasteiger partial charge in [-0.2, -0.15) is 0 Å². The van der Waals surface area contributed by atoms with E-state index in [4.69, 9.17) is 0 Å². The normalized spacial score (nSPS) is 30.0. The minimum atomic E-state index is -0.520. The van der Waals surface area contributed by atoms with Crippen molar-refractivity contribution in [3.8, 4) is 5.75 Å². The zero-order valence-electron chi connectivity index (χ0n) is 16.6. The van der Waals surface area contributed by atoms with Crippen molar-refractivity contribution in [2.24, 2.45) is 11.8 Å². The van der Waals surface area contributed by atoms with Gasteiger partial charge in [0.25, 0.3) is 0 Å². The summed E-state index contributed by atoms with van der Waals surface area (Å²) in [6.45, 7) is 4.42. The lowest BCUT2D eigenvalue weighted by atomic mass is 9.52. The molecule has 0 saturated heterocycles. The Morgan fingerprint density at radius 1 is 1.07 bits per heavy atom. The van der Waals surface area contributed by atoms with E-state index in [1.807, 2.05) is 12.1 Å². The van der Waals surface area contributed by atoms with Gasteiger partial charge in [-0.15, -0.1) is 0 Å². The van der Waals surface area contributed by atoms with Crippen molar-refractivity contribution >= 4 is 0 Å². The van der Waals surface area contributed by atoms with Gasteiger partial charge in [0.05, 0.1) is 5.60 Å². The number of phenols is 1. The summed E-state index contributed by atoms with van der Waals surface area (Å²) in [5.41, 5.74) is 3.64. The van der Waals surface area contributed by atoms with Crippen LogP contribution in [0, 0.1) is 11.8 Å².